The standard InChI is InChI=1S/C18H25N3O3/c1-6-12(11-23-5)19-15(22)13-9-7-8-10-14(13)16-20-17(21-24-16)18(2,3)4/h7-10,12H,6,11H2,1-5H3,(H,19,22). The normalized spacial score (nSPS) is 12.9. The van der Waals surface area contributed by atoms with Gasteiger partial charge in [0.25, 0.3) is 11.8 Å². The maximum Gasteiger partial charge on any atom is 0.258 e. The zero-order chi connectivity index (χ0) is 17.7. The number of hydrogen-bond acceptors (Lipinski definition) is 5. The van der Waals surface area contributed by atoms with Crippen LogP contribution < -0.4 is 5.32 Å². The van der Waals surface area contributed by atoms with E-state index in [1.807, 2.05) is 45.9 Å². The minimum absolute atomic E-state index is 0.0385. The highest BCUT2D eigenvalue weighted by Gasteiger charge is 2.24. The quantitative estimate of drug-likeness (QED) is 0.879. The van der Waals surface area contributed by atoms with Crippen molar-refractivity contribution in [2.24, 2.45) is 0 Å². The van der Waals surface area contributed by atoms with Gasteiger partial charge in [-0.1, -0.05) is 45.0 Å². The van der Waals surface area contributed by atoms with E-state index < -0.39 is 0 Å². The Morgan fingerprint density at radius 2 is 2.04 bits per heavy atom. The summed E-state index contributed by atoms with van der Waals surface area (Å²) in [5, 5.41) is 7.01. The average molecular weight is 331 g/mol. The molecule has 0 aliphatic heterocycles. The van der Waals surface area contributed by atoms with Crippen LogP contribution in [0.15, 0.2) is 28.8 Å². The van der Waals surface area contributed by atoms with Gasteiger partial charge < -0.3 is 14.6 Å². The first-order valence-electron chi connectivity index (χ1n) is 8.10. The molecule has 1 aromatic carbocycles. The third-order valence-corrected chi connectivity index (χ3v) is 3.69. The molecule has 2 rings (SSSR count). The van der Waals surface area contributed by atoms with E-state index in [1.165, 1.54) is 0 Å². The number of carbonyl (C=O) groups is 1. The van der Waals surface area contributed by atoms with Gasteiger partial charge in [-0.2, -0.15) is 4.98 Å². The number of rotatable bonds is 6. The minimum Gasteiger partial charge on any atom is -0.383 e. The van der Waals surface area contributed by atoms with Gasteiger partial charge in [-0.3, -0.25) is 4.79 Å². The number of ether oxygens (including phenoxy) is 1. The van der Waals surface area contributed by atoms with Crippen molar-refractivity contribution in [3.8, 4) is 11.5 Å². The van der Waals surface area contributed by atoms with Crippen LogP contribution >= 0.6 is 0 Å². The topological polar surface area (TPSA) is 77.2 Å². The second-order valence-corrected chi connectivity index (χ2v) is 6.75. The van der Waals surface area contributed by atoms with Gasteiger partial charge in [0.1, 0.15) is 0 Å². The van der Waals surface area contributed by atoms with Crippen LogP contribution in [0, 0.1) is 0 Å². The first-order chi connectivity index (χ1) is 11.4. The highest BCUT2D eigenvalue weighted by molar-refractivity contribution is 6.00. The molecule has 1 unspecified atom stereocenters. The molecular weight excluding hydrogens is 306 g/mol. The molecule has 2 aromatic rings. The van der Waals surface area contributed by atoms with E-state index in [4.69, 9.17) is 9.26 Å². The zero-order valence-corrected chi connectivity index (χ0v) is 14.9. The van der Waals surface area contributed by atoms with E-state index in [0.717, 1.165) is 6.42 Å². The molecule has 0 saturated heterocycles. The number of aromatic nitrogens is 2. The Kier molecular flexibility index (Phi) is 5.72. The van der Waals surface area contributed by atoms with Crippen molar-refractivity contribution in [3.63, 3.8) is 0 Å². The molecule has 6 heteroatoms. The maximum absolute atomic E-state index is 12.6. The molecule has 1 heterocycles. The molecule has 0 spiro atoms. The Bertz CT molecular complexity index is 689. The summed E-state index contributed by atoms with van der Waals surface area (Å²) in [6.45, 7) is 8.51. The number of carbonyl (C=O) groups excluding carboxylic acids is 1. The summed E-state index contributed by atoms with van der Waals surface area (Å²) in [6.07, 6.45) is 0.788. The van der Waals surface area contributed by atoms with E-state index in [2.05, 4.69) is 15.5 Å². The highest BCUT2D eigenvalue weighted by atomic mass is 16.5. The fraction of sp³-hybridized carbons (Fsp3) is 0.500. The summed E-state index contributed by atoms with van der Waals surface area (Å²) >= 11 is 0. The molecule has 0 aliphatic carbocycles. The molecule has 130 valence electrons. The lowest BCUT2D eigenvalue weighted by Gasteiger charge is -2.16. The van der Waals surface area contributed by atoms with Crippen LogP contribution in [-0.4, -0.2) is 35.8 Å². The van der Waals surface area contributed by atoms with Crippen LogP contribution in [0.3, 0.4) is 0 Å². The van der Waals surface area contributed by atoms with Crippen molar-refractivity contribution in [2.75, 3.05) is 13.7 Å². The molecule has 1 atom stereocenters. The summed E-state index contributed by atoms with van der Waals surface area (Å²) < 4.78 is 10.5. The first-order valence-corrected chi connectivity index (χ1v) is 8.10. The van der Waals surface area contributed by atoms with Gasteiger partial charge in [0.2, 0.25) is 0 Å². The third-order valence-electron chi connectivity index (χ3n) is 3.69. The van der Waals surface area contributed by atoms with Gasteiger partial charge in [0, 0.05) is 12.5 Å². The van der Waals surface area contributed by atoms with Gasteiger partial charge in [-0.15, -0.1) is 0 Å². The lowest BCUT2D eigenvalue weighted by atomic mass is 9.96. The van der Waals surface area contributed by atoms with Crippen molar-refractivity contribution in [1.29, 1.82) is 0 Å². The predicted molar refractivity (Wildman–Crippen MR) is 91.9 cm³/mol. The number of amides is 1. The second kappa shape index (κ2) is 7.57. The Morgan fingerprint density at radius 1 is 1.33 bits per heavy atom. The van der Waals surface area contributed by atoms with Gasteiger partial charge in [-0.05, 0) is 18.6 Å². The van der Waals surface area contributed by atoms with Crippen LogP contribution in [0.1, 0.15) is 50.3 Å². The summed E-state index contributed by atoms with van der Waals surface area (Å²) in [4.78, 5) is 17.1. The van der Waals surface area contributed by atoms with Crippen molar-refractivity contribution in [2.45, 2.75) is 45.6 Å². The molecule has 0 saturated carbocycles. The Balaban J connectivity index is 2.30. The van der Waals surface area contributed by atoms with E-state index in [9.17, 15) is 4.79 Å². The molecule has 6 nitrogen and oxygen atoms in total. The Morgan fingerprint density at radius 3 is 2.62 bits per heavy atom. The smallest absolute Gasteiger partial charge is 0.258 e. The van der Waals surface area contributed by atoms with E-state index in [-0.39, 0.29) is 17.4 Å². The second-order valence-electron chi connectivity index (χ2n) is 6.75. The van der Waals surface area contributed by atoms with Crippen LogP contribution in [0.2, 0.25) is 0 Å². The number of nitrogens with one attached hydrogen (secondary N) is 1. The summed E-state index contributed by atoms with van der Waals surface area (Å²) in [6, 6.07) is 7.19. The number of methoxy groups -OCH3 is 1. The van der Waals surface area contributed by atoms with E-state index in [1.54, 1.807) is 13.2 Å². The SMILES string of the molecule is CCC(COC)NC(=O)c1ccccc1-c1nc(C(C)(C)C)no1. The third kappa shape index (κ3) is 4.20. The molecule has 1 aromatic heterocycles. The van der Waals surface area contributed by atoms with Crippen LogP contribution in [0.4, 0.5) is 0 Å². The van der Waals surface area contributed by atoms with Crippen molar-refractivity contribution < 1.29 is 14.1 Å². The average Bonchev–Trinajstić information content (AvgIpc) is 3.04. The molecule has 1 amide bonds. The highest BCUT2D eigenvalue weighted by Crippen LogP contribution is 2.26. The molecule has 24 heavy (non-hydrogen) atoms. The number of nitrogens with zero attached hydrogens (tertiary/aromatic N) is 2. The van der Waals surface area contributed by atoms with E-state index >= 15 is 0 Å². The monoisotopic (exact) mass is 331 g/mol. The molecule has 0 bridgehead atoms. The first kappa shape index (κ1) is 18.1. The van der Waals surface area contributed by atoms with Gasteiger partial charge >= 0.3 is 0 Å². The predicted octanol–water partition coefficient (Wildman–Crippen LogP) is 3.19. The fourth-order valence-electron chi connectivity index (χ4n) is 2.23. The van der Waals surface area contributed by atoms with Gasteiger partial charge in [-0.25, -0.2) is 0 Å². The molecule has 0 aliphatic rings. The fourth-order valence-corrected chi connectivity index (χ4v) is 2.23. The van der Waals surface area contributed by atoms with Gasteiger partial charge in [0.15, 0.2) is 5.82 Å². The molecule has 0 fully saturated rings. The summed E-state index contributed by atoms with van der Waals surface area (Å²) in [5.74, 6) is 0.786. The van der Waals surface area contributed by atoms with Crippen molar-refractivity contribution in [3.05, 3.63) is 35.7 Å². The summed E-state index contributed by atoms with van der Waals surface area (Å²) in [7, 11) is 1.62. The zero-order valence-electron chi connectivity index (χ0n) is 14.9. The Hall–Kier alpha value is -2.21. The van der Waals surface area contributed by atoms with Crippen LogP contribution in [0.25, 0.3) is 11.5 Å². The van der Waals surface area contributed by atoms with Crippen LogP contribution in [0.5, 0.6) is 0 Å². The van der Waals surface area contributed by atoms with Crippen molar-refractivity contribution >= 4 is 5.91 Å². The molecule has 1 N–H and O–H groups in total. The lowest BCUT2D eigenvalue weighted by molar-refractivity contribution is 0.0895. The number of benzene rings is 1. The lowest BCUT2D eigenvalue weighted by Crippen LogP contribution is -2.37. The molecular formula is C18H25N3O3. The number of hydrogen-bond donors (Lipinski definition) is 1. The molecule has 0 radical (unpaired) electrons. The summed E-state index contributed by atoms with van der Waals surface area (Å²) in [5.41, 5.74) is 0.923. The largest absolute Gasteiger partial charge is 0.383 e. The Labute approximate surface area is 142 Å². The maximum atomic E-state index is 12.6. The van der Waals surface area contributed by atoms with Crippen LogP contribution in [-0.2, 0) is 10.2 Å². The van der Waals surface area contributed by atoms with Gasteiger partial charge in [0.05, 0.1) is 23.8 Å². The van der Waals surface area contributed by atoms with Crippen molar-refractivity contribution in [1.82, 2.24) is 15.5 Å². The minimum atomic E-state index is -0.218. The van der Waals surface area contributed by atoms with E-state index in [0.29, 0.717) is 29.4 Å².